The van der Waals surface area contributed by atoms with Gasteiger partial charge in [-0.15, -0.1) is 0 Å². The van der Waals surface area contributed by atoms with Gasteiger partial charge in [-0.2, -0.15) is 0 Å². The molecule has 1 aliphatic heterocycles. The molecule has 1 atom stereocenters. The summed E-state index contributed by atoms with van der Waals surface area (Å²) < 4.78 is 0. The molecule has 16 heavy (non-hydrogen) atoms. The Morgan fingerprint density at radius 2 is 2.31 bits per heavy atom. The van der Waals surface area contributed by atoms with Crippen LogP contribution >= 0.6 is 0 Å². The zero-order chi connectivity index (χ0) is 11.4. The van der Waals surface area contributed by atoms with Crippen LogP contribution in [0.1, 0.15) is 12.8 Å². The molecule has 0 aliphatic carbocycles. The van der Waals surface area contributed by atoms with E-state index in [1.807, 2.05) is 13.1 Å². The second-order valence-corrected chi connectivity index (χ2v) is 3.90. The molecule has 1 aromatic heterocycles. The van der Waals surface area contributed by atoms with E-state index in [9.17, 15) is 4.79 Å². The molecule has 3 N–H and O–H groups in total. The summed E-state index contributed by atoms with van der Waals surface area (Å²) in [6.45, 7) is 0.751. The minimum atomic E-state index is 0.147. The first-order chi connectivity index (χ1) is 7.78. The van der Waals surface area contributed by atoms with Gasteiger partial charge in [0.2, 0.25) is 5.91 Å². The highest BCUT2D eigenvalue weighted by atomic mass is 16.1. The van der Waals surface area contributed by atoms with Gasteiger partial charge in [-0.3, -0.25) is 9.78 Å². The summed E-state index contributed by atoms with van der Waals surface area (Å²) in [5.74, 6) is 0.147. The third-order valence-corrected chi connectivity index (χ3v) is 2.66. The van der Waals surface area contributed by atoms with Crippen molar-refractivity contribution in [2.24, 2.45) is 0 Å². The van der Waals surface area contributed by atoms with Gasteiger partial charge in [-0.25, -0.2) is 0 Å². The van der Waals surface area contributed by atoms with E-state index in [-0.39, 0.29) is 11.9 Å². The molecule has 0 radical (unpaired) electrons. The maximum atomic E-state index is 11.0. The van der Waals surface area contributed by atoms with Crippen molar-refractivity contribution in [1.82, 2.24) is 10.3 Å². The Hall–Kier alpha value is -1.78. The first-order valence-corrected chi connectivity index (χ1v) is 5.44. The van der Waals surface area contributed by atoms with E-state index in [1.165, 1.54) is 0 Å². The third-order valence-electron chi connectivity index (χ3n) is 2.66. The maximum Gasteiger partial charge on any atom is 0.220 e. The summed E-state index contributed by atoms with van der Waals surface area (Å²) in [4.78, 5) is 15.1. The van der Waals surface area contributed by atoms with Crippen LogP contribution in [0.15, 0.2) is 18.5 Å². The van der Waals surface area contributed by atoms with Crippen molar-refractivity contribution in [3.63, 3.8) is 0 Å². The van der Waals surface area contributed by atoms with Gasteiger partial charge in [0.1, 0.15) is 0 Å². The molecule has 1 fully saturated rings. The van der Waals surface area contributed by atoms with Crippen LogP contribution in [0.5, 0.6) is 0 Å². The van der Waals surface area contributed by atoms with E-state index in [2.05, 4.69) is 20.9 Å². The van der Waals surface area contributed by atoms with Gasteiger partial charge in [-0.05, 0) is 12.5 Å². The monoisotopic (exact) mass is 220 g/mol. The SMILES string of the molecule is CNc1cncc(NCC2CCC(=O)N2)c1. The predicted octanol–water partition coefficient (Wildman–Crippen LogP) is 0.814. The van der Waals surface area contributed by atoms with Crippen molar-refractivity contribution >= 4 is 17.3 Å². The van der Waals surface area contributed by atoms with Gasteiger partial charge in [-0.1, -0.05) is 0 Å². The maximum absolute atomic E-state index is 11.0. The summed E-state index contributed by atoms with van der Waals surface area (Å²) in [6, 6.07) is 2.23. The fourth-order valence-electron chi connectivity index (χ4n) is 1.74. The molecule has 0 aromatic carbocycles. The lowest BCUT2D eigenvalue weighted by atomic mass is 10.2. The molecule has 1 unspecified atom stereocenters. The van der Waals surface area contributed by atoms with Gasteiger partial charge in [0.05, 0.1) is 23.8 Å². The summed E-state index contributed by atoms with van der Waals surface area (Å²) in [5, 5.41) is 9.21. The minimum Gasteiger partial charge on any atom is -0.387 e. The lowest BCUT2D eigenvalue weighted by molar-refractivity contribution is -0.119. The van der Waals surface area contributed by atoms with Crippen molar-refractivity contribution in [2.75, 3.05) is 24.2 Å². The summed E-state index contributed by atoms with van der Waals surface area (Å²) >= 11 is 0. The van der Waals surface area contributed by atoms with Crippen LogP contribution in [0.4, 0.5) is 11.4 Å². The Balaban J connectivity index is 1.87. The number of anilines is 2. The number of nitrogens with zero attached hydrogens (tertiary/aromatic N) is 1. The van der Waals surface area contributed by atoms with Gasteiger partial charge in [0.25, 0.3) is 0 Å². The van der Waals surface area contributed by atoms with E-state index in [4.69, 9.17) is 0 Å². The Bertz CT molecular complexity index is 380. The number of pyridine rings is 1. The number of rotatable bonds is 4. The van der Waals surface area contributed by atoms with Crippen molar-refractivity contribution in [2.45, 2.75) is 18.9 Å². The smallest absolute Gasteiger partial charge is 0.220 e. The number of hydrogen-bond acceptors (Lipinski definition) is 4. The topological polar surface area (TPSA) is 66.0 Å². The standard InChI is InChI=1S/C11H16N4O/c1-12-9-4-10(6-13-5-9)14-7-8-2-3-11(16)15-8/h4-6,8,12,14H,2-3,7H2,1H3,(H,15,16). The van der Waals surface area contributed by atoms with Gasteiger partial charge >= 0.3 is 0 Å². The molecule has 1 aliphatic rings. The molecule has 1 aromatic rings. The number of carbonyl (C=O) groups is 1. The van der Waals surface area contributed by atoms with Crippen LogP contribution in [-0.4, -0.2) is 30.5 Å². The molecule has 86 valence electrons. The first-order valence-electron chi connectivity index (χ1n) is 5.44. The van der Waals surface area contributed by atoms with Crippen molar-refractivity contribution in [3.05, 3.63) is 18.5 Å². The third kappa shape index (κ3) is 2.62. The Labute approximate surface area is 94.6 Å². The van der Waals surface area contributed by atoms with Crippen molar-refractivity contribution in [1.29, 1.82) is 0 Å². The van der Waals surface area contributed by atoms with Crippen LogP contribution in [0.2, 0.25) is 0 Å². The minimum absolute atomic E-state index is 0.147. The van der Waals surface area contributed by atoms with Gasteiger partial charge in [0.15, 0.2) is 0 Å². The summed E-state index contributed by atoms with van der Waals surface area (Å²) in [6.07, 6.45) is 5.09. The number of amides is 1. The molecular formula is C11H16N4O. The van der Waals surface area contributed by atoms with Crippen LogP contribution in [-0.2, 0) is 4.79 Å². The molecule has 2 heterocycles. The number of carbonyl (C=O) groups excluding carboxylic acids is 1. The van der Waals surface area contributed by atoms with E-state index in [1.54, 1.807) is 12.4 Å². The van der Waals surface area contributed by atoms with Gasteiger partial charge in [0, 0.05) is 26.1 Å². The van der Waals surface area contributed by atoms with E-state index < -0.39 is 0 Å². The zero-order valence-electron chi connectivity index (χ0n) is 9.29. The quantitative estimate of drug-likeness (QED) is 0.702. The van der Waals surface area contributed by atoms with Crippen LogP contribution in [0, 0.1) is 0 Å². The lowest BCUT2D eigenvalue weighted by Crippen LogP contribution is -2.31. The summed E-state index contributed by atoms with van der Waals surface area (Å²) in [5.41, 5.74) is 1.94. The van der Waals surface area contributed by atoms with E-state index >= 15 is 0 Å². The normalized spacial score (nSPS) is 19.3. The molecule has 5 nitrogen and oxygen atoms in total. The fraction of sp³-hybridized carbons (Fsp3) is 0.455. The Morgan fingerprint density at radius 3 is 3.00 bits per heavy atom. The second-order valence-electron chi connectivity index (χ2n) is 3.90. The largest absolute Gasteiger partial charge is 0.387 e. The van der Waals surface area contributed by atoms with Crippen LogP contribution in [0.3, 0.4) is 0 Å². The molecule has 0 bridgehead atoms. The van der Waals surface area contributed by atoms with Crippen LogP contribution < -0.4 is 16.0 Å². The number of hydrogen-bond donors (Lipinski definition) is 3. The highest BCUT2D eigenvalue weighted by Gasteiger charge is 2.19. The zero-order valence-corrected chi connectivity index (χ0v) is 9.29. The molecule has 0 saturated carbocycles. The average Bonchev–Trinajstić information content (AvgIpc) is 2.73. The molecule has 2 rings (SSSR count). The molecule has 1 saturated heterocycles. The number of nitrogens with one attached hydrogen (secondary N) is 3. The first kappa shape index (κ1) is 10.7. The second kappa shape index (κ2) is 4.83. The Kier molecular flexibility index (Phi) is 3.24. The highest BCUT2D eigenvalue weighted by molar-refractivity contribution is 5.78. The number of aromatic nitrogens is 1. The van der Waals surface area contributed by atoms with Gasteiger partial charge < -0.3 is 16.0 Å². The molecular weight excluding hydrogens is 204 g/mol. The van der Waals surface area contributed by atoms with E-state index in [0.717, 1.165) is 24.3 Å². The molecule has 1 amide bonds. The highest BCUT2D eigenvalue weighted by Crippen LogP contribution is 2.13. The lowest BCUT2D eigenvalue weighted by Gasteiger charge is -2.12. The molecule has 0 spiro atoms. The summed E-state index contributed by atoms with van der Waals surface area (Å²) in [7, 11) is 1.86. The van der Waals surface area contributed by atoms with Crippen molar-refractivity contribution < 1.29 is 4.79 Å². The Morgan fingerprint density at radius 1 is 1.50 bits per heavy atom. The fourth-order valence-corrected chi connectivity index (χ4v) is 1.74. The molecule has 5 heteroatoms. The van der Waals surface area contributed by atoms with Crippen molar-refractivity contribution in [3.8, 4) is 0 Å². The van der Waals surface area contributed by atoms with Crippen LogP contribution in [0.25, 0.3) is 0 Å². The van der Waals surface area contributed by atoms with E-state index in [0.29, 0.717) is 6.42 Å². The predicted molar refractivity (Wildman–Crippen MR) is 63.4 cm³/mol. The average molecular weight is 220 g/mol.